The molecule has 0 unspecified atom stereocenters. The number of rotatable bonds is 6. The SMILES string of the molecule is COC(C)(C)CCOc1c(C)cc(S(N)(=O)=O)c(C)c1C. The van der Waals surface area contributed by atoms with Crippen LogP contribution < -0.4 is 9.88 Å². The summed E-state index contributed by atoms with van der Waals surface area (Å²) in [6.07, 6.45) is 0.734. The molecule has 0 radical (unpaired) electrons. The molecule has 0 atom stereocenters. The van der Waals surface area contributed by atoms with Crippen LogP contribution in [0.3, 0.4) is 0 Å². The summed E-state index contributed by atoms with van der Waals surface area (Å²) in [5.41, 5.74) is 1.94. The van der Waals surface area contributed by atoms with Gasteiger partial charge in [0.25, 0.3) is 0 Å². The molecule has 0 bridgehead atoms. The van der Waals surface area contributed by atoms with Gasteiger partial charge in [0.2, 0.25) is 10.0 Å². The molecule has 1 aromatic carbocycles. The highest BCUT2D eigenvalue weighted by Crippen LogP contribution is 2.31. The lowest BCUT2D eigenvalue weighted by molar-refractivity contribution is 0.00533. The Morgan fingerprint density at radius 3 is 2.24 bits per heavy atom. The van der Waals surface area contributed by atoms with Gasteiger partial charge in [0.15, 0.2) is 0 Å². The molecule has 120 valence electrons. The second-order valence-corrected chi connectivity index (χ2v) is 7.41. The Balaban J connectivity index is 3.04. The molecule has 0 aromatic heterocycles. The van der Waals surface area contributed by atoms with E-state index in [0.29, 0.717) is 17.9 Å². The lowest BCUT2D eigenvalue weighted by Crippen LogP contribution is -2.25. The fourth-order valence-electron chi connectivity index (χ4n) is 2.04. The standard InChI is InChI=1S/C15H25NO4S/c1-10-9-13(21(16,17)18)11(2)12(3)14(10)20-8-7-15(4,5)19-6/h9H,7-8H2,1-6H3,(H2,16,17,18). The number of aryl methyl sites for hydroxylation is 1. The molecular formula is C15H25NO4S. The Morgan fingerprint density at radius 1 is 1.19 bits per heavy atom. The molecule has 0 fully saturated rings. The highest BCUT2D eigenvalue weighted by Gasteiger charge is 2.20. The summed E-state index contributed by atoms with van der Waals surface area (Å²) in [5.74, 6) is 0.715. The number of hydrogen-bond donors (Lipinski definition) is 1. The third-order valence-corrected chi connectivity index (χ3v) is 4.83. The van der Waals surface area contributed by atoms with Crippen LogP contribution in [-0.4, -0.2) is 27.7 Å². The second-order valence-electron chi connectivity index (χ2n) is 5.88. The molecule has 0 aliphatic heterocycles. The molecule has 0 saturated heterocycles. The van der Waals surface area contributed by atoms with Gasteiger partial charge in [-0.3, -0.25) is 0 Å². The van der Waals surface area contributed by atoms with Gasteiger partial charge >= 0.3 is 0 Å². The van der Waals surface area contributed by atoms with Gasteiger partial charge in [-0.25, -0.2) is 13.6 Å². The number of sulfonamides is 1. The van der Waals surface area contributed by atoms with Crippen molar-refractivity contribution >= 4 is 10.0 Å². The van der Waals surface area contributed by atoms with Crippen LogP contribution in [0.1, 0.15) is 37.0 Å². The monoisotopic (exact) mass is 315 g/mol. The summed E-state index contributed by atoms with van der Waals surface area (Å²) in [5, 5.41) is 5.24. The minimum Gasteiger partial charge on any atom is -0.493 e. The van der Waals surface area contributed by atoms with Gasteiger partial charge in [-0.2, -0.15) is 0 Å². The molecule has 1 aromatic rings. The van der Waals surface area contributed by atoms with Crippen LogP contribution in [0.25, 0.3) is 0 Å². The predicted molar refractivity (Wildman–Crippen MR) is 83.2 cm³/mol. The van der Waals surface area contributed by atoms with E-state index in [1.165, 1.54) is 0 Å². The largest absolute Gasteiger partial charge is 0.493 e. The number of methoxy groups -OCH3 is 1. The van der Waals surface area contributed by atoms with E-state index in [1.54, 1.807) is 20.1 Å². The third-order valence-electron chi connectivity index (χ3n) is 3.79. The number of ether oxygens (including phenoxy) is 2. The van der Waals surface area contributed by atoms with Gasteiger partial charge in [-0.15, -0.1) is 0 Å². The van der Waals surface area contributed by atoms with Gasteiger partial charge in [-0.1, -0.05) is 0 Å². The Labute approximate surface area is 127 Å². The van der Waals surface area contributed by atoms with Gasteiger partial charge in [0.1, 0.15) is 5.75 Å². The molecular weight excluding hydrogens is 290 g/mol. The quantitative estimate of drug-likeness (QED) is 0.874. The van der Waals surface area contributed by atoms with Crippen LogP contribution in [0.2, 0.25) is 0 Å². The van der Waals surface area contributed by atoms with E-state index >= 15 is 0 Å². The normalized spacial score (nSPS) is 12.5. The highest BCUT2D eigenvalue weighted by atomic mass is 32.2. The van der Waals surface area contributed by atoms with E-state index in [9.17, 15) is 8.42 Å². The van der Waals surface area contributed by atoms with Crippen LogP contribution in [0.15, 0.2) is 11.0 Å². The maximum atomic E-state index is 11.6. The number of benzene rings is 1. The molecule has 1 rings (SSSR count). The maximum absolute atomic E-state index is 11.6. The molecule has 0 amide bonds. The molecule has 6 heteroatoms. The van der Waals surface area contributed by atoms with E-state index in [4.69, 9.17) is 14.6 Å². The van der Waals surface area contributed by atoms with Crippen molar-refractivity contribution in [3.8, 4) is 5.75 Å². The predicted octanol–water partition coefficient (Wildman–Crippen LogP) is 2.45. The van der Waals surface area contributed by atoms with Crippen LogP contribution in [0, 0.1) is 20.8 Å². The van der Waals surface area contributed by atoms with Crippen molar-refractivity contribution in [2.45, 2.75) is 51.5 Å². The van der Waals surface area contributed by atoms with Gasteiger partial charge in [0, 0.05) is 13.5 Å². The fraction of sp³-hybridized carbons (Fsp3) is 0.600. The fourth-order valence-corrected chi connectivity index (χ4v) is 2.96. The first-order valence-electron chi connectivity index (χ1n) is 6.81. The average molecular weight is 315 g/mol. The lowest BCUT2D eigenvalue weighted by Gasteiger charge is -2.24. The number of primary sulfonamides is 1. The highest BCUT2D eigenvalue weighted by molar-refractivity contribution is 7.89. The lowest BCUT2D eigenvalue weighted by atomic mass is 10.0. The summed E-state index contributed by atoms with van der Waals surface area (Å²) in [4.78, 5) is 0.155. The zero-order valence-corrected chi connectivity index (χ0v) is 14.4. The van der Waals surface area contributed by atoms with Crippen molar-refractivity contribution in [2.75, 3.05) is 13.7 Å². The van der Waals surface area contributed by atoms with Crippen molar-refractivity contribution in [1.29, 1.82) is 0 Å². The summed E-state index contributed by atoms with van der Waals surface area (Å²) < 4.78 is 34.3. The zero-order chi connectivity index (χ0) is 16.4. The Bertz CT molecular complexity index is 621. The summed E-state index contributed by atoms with van der Waals surface area (Å²) in [7, 11) is -2.05. The van der Waals surface area contributed by atoms with Crippen molar-refractivity contribution in [3.63, 3.8) is 0 Å². The van der Waals surface area contributed by atoms with Crippen molar-refractivity contribution in [2.24, 2.45) is 5.14 Å². The van der Waals surface area contributed by atoms with Gasteiger partial charge in [-0.05, 0) is 57.4 Å². The van der Waals surface area contributed by atoms with Crippen molar-refractivity contribution in [1.82, 2.24) is 0 Å². The van der Waals surface area contributed by atoms with E-state index in [1.807, 2.05) is 27.7 Å². The summed E-state index contributed by atoms with van der Waals surface area (Å²) in [6, 6.07) is 1.56. The zero-order valence-electron chi connectivity index (χ0n) is 13.6. The van der Waals surface area contributed by atoms with E-state index in [2.05, 4.69) is 0 Å². The maximum Gasteiger partial charge on any atom is 0.238 e. The molecule has 0 heterocycles. The minimum atomic E-state index is -3.72. The number of nitrogens with two attached hydrogens (primary N) is 1. The first kappa shape index (κ1) is 17.9. The van der Waals surface area contributed by atoms with Crippen molar-refractivity contribution < 1.29 is 17.9 Å². The van der Waals surface area contributed by atoms with Crippen LogP contribution in [-0.2, 0) is 14.8 Å². The van der Waals surface area contributed by atoms with E-state index in [0.717, 1.165) is 17.5 Å². The van der Waals surface area contributed by atoms with Crippen LogP contribution in [0.5, 0.6) is 5.75 Å². The van der Waals surface area contributed by atoms with E-state index < -0.39 is 10.0 Å². The molecule has 0 aliphatic carbocycles. The molecule has 0 aliphatic rings. The molecule has 0 spiro atoms. The Kier molecular flexibility index (Phi) is 5.41. The number of hydrogen-bond acceptors (Lipinski definition) is 4. The molecule has 0 saturated carbocycles. The Hall–Kier alpha value is -1.11. The Morgan fingerprint density at radius 2 is 1.76 bits per heavy atom. The summed E-state index contributed by atoms with van der Waals surface area (Å²) in [6.45, 7) is 9.87. The van der Waals surface area contributed by atoms with Crippen molar-refractivity contribution in [3.05, 3.63) is 22.8 Å². The first-order valence-corrected chi connectivity index (χ1v) is 8.36. The minimum absolute atomic E-state index is 0.155. The topological polar surface area (TPSA) is 78.6 Å². The summed E-state index contributed by atoms with van der Waals surface area (Å²) >= 11 is 0. The van der Waals surface area contributed by atoms with Crippen LogP contribution >= 0.6 is 0 Å². The average Bonchev–Trinajstić information content (AvgIpc) is 2.36. The molecule has 2 N–H and O–H groups in total. The van der Waals surface area contributed by atoms with Crippen LogP contribution in [0.4, 0.5) is 0 Å². The van der Waals surface area contributed by atoms with Gasteiger partial charge in [0.05, 0.1) is 17.1 Å². The smallest absolute Gasteiger partial charge is 0.238 e. The van der Waals surface area contributed by atoms with E-state index in [-0.39, 0.29) is 10.5 Å². The molecule has 5 nitrogen and oxygen atoms in total. The van der Waals surface area contributed by atoms with Gasteiger partial charge < -0.3 is 9.47 Å². The third kappa shape index (κ3) is 4.43. The molecule has 21 heavy (non-hydrogen) atoms. The first-order chi connectivity index (χ1) is 9.49. The second kappa shape index (κ2) is 6.34.